The average Bonchev–Trinajstić information content (AvgIpc) is 2.38. The summed E-state index contributed by atoms with van der Waals surface area (Å²) >= 11 is 0. The van der Waals surface area contributed by atoms with Gasteiger partial charge in [0.1, 0.15) is 4.90 Å². The third-order valence-electron chi connectivity index (χ3n) is 2.91. The van der Waals surface area contributed by atoms with Gasteiger partial charge in [-0.15, -0.1) is 0 Å². The molecule has 0 aliphatic rings. The summed E-state index contributed by atoms with van der Waals surface area (Å²) in [4.78, 5) is -0.205. The van der Waals surface area contributed by atoms with Gasteiger partial charge >= 0.3 is 7.60 Å². The Kier molecular flexibility index (Phi) is 6.52. The third-order valence-corrected chi connectivity index (χ3v) is 5.72. The van der Waals surface area contributed by atoms with Crippen molar-refractivity contribution >= 4 is 23.8 Å². The van der Waals surface area contributed by atoms with Crippen LogP contribution < -0.4 is 0 Å². The highest BCUT2D eigenvalue weighted by molar-refractivity contribution is 7.86. The zero-order chi connectivity index (χ0) is 17.0. The first-order chi connectivity index (χ1) is 10.1. The molecule has 0 aliphatic carbocycles. The van der Waals surface area contributed by atoms with Crippen LogP contribution in [0.2, 0.25) is 0 Å². The Morgan fingerprint density at radius 3 is 2.09 bits per heavy atom. The Labute approximate surface area is 131 Å². The van der Waals surface area contributed by atoms with Crippen molar-refractivity contribution < 1.29 is 26.6 Å². The van der Waals surface area contributed by atoms with Crippen LogP contribution in [0.1, 0.15) is 30.5 Å². The van der Waals surface area contributed by atoms with Crippen molar-refractivity contribution in [1.82, 2.24) is 0 Å². The van der Waals surface area contributed by atoms with Crippen molar-refractivity contribution in [1.29, 1.82) is 0 Å². The summed E-state index contributed by atoms with van der Waals surface area (Å²) in [6.45, 7) is 7.02. The van der Waals surface area contributed by atoms with E-state index in [9.17, 15) is 17.5 Å². The van der Waals surface area contributed by atoms with Crippen LogP contribution in [0.5, 0.6) is 0 Å². The van der Waals surface area contributed by atoms with Crippen molar-refractivity contribution in [2.24, 2.45) is 0 Å². The standard InChI is InChI=1S/C14H21O6PS/c1-5-19-21(15,20-6-2)10-9-13-11(3)7-8-12(4)14(13)22(16,17)18/h7-10H,5-6H2,1-4H3,(H,16,17,18)/b10-9+. The molecule has 0 unspecified atom stereocenters. The van der Waals surface area contributed by atoms with E-state index in [0.29, 0.717) is 11.1 Å². The zero-order valence-electron chi connectivity index (χ0n) is 13.1. The van der Waals surface area contributed by atoms with Crippen LogP contribution in [0, 0.1) is 13.8 Å². The first kappa shape index (κ1) is 19.1. The van der Waals surface area contributed by atoms with E-state index in [1.807, 2.05) is 0 Å². The smallest absolute Gasteiger partial charge is 0.306 e. The van der Waals surface area contributed by atoms with Crippen LogP contribution in [-0.2, 0) is 23.7 Å². The van der Waals surface area contributed by atoms with E-state index in [2.05, 4.69) is 0 Å². The summed E-state index contributed by atoms with van der Waals surface area (Å²) in [7, 11) is -7.85. The second-order valence-corrected chi connectivity index (χ2v) is 7.86. The summed E-state index contributed by atoms with van der Waals surface area (Å²) in [6.07, 6.45) is 1.36. The van der Waals surface area contributed by atoms with Crippen LogP contribution in [0.4, 0.5) is 0 Å². The molecule has 0 saturated heterocycles. The van der Waals surface area contributed by atoms with Gasteiger partial charge in [-0.05, 0) is 50.5 Å². The maximum absolute atomic E-state index is 12.4. The van der Waals surface area contributed by atoms with Crippen molar-refractivity contribution in [2.45, 2.75) is 32.6 Å². The van der Waals surface area contributed by atoms with Gasteiger partial charge in [0.15, 0.2) is 0 Å². The summed E-state index contributed by atoms with van der Waals surface area (Å²) in [6, 6.07) is 3.32. The number of hydrogen-bond donors (Lipinski definition) is 1. The fourth-order valence-electron chi connectivity index (χ4n) is 2.01. The molecule has 1 N–H and O–H groups in total. The molecule has 8 heteroatoms. The lowest BCUT2D eigenvalue weighted by Gasteiger charge is -2.14. The minimum absolute atomic E-state index is 0.194. The topological polar surface area (TPSA) is 89.9 Å². The van der Waals surface area contributed by atoms with Crippen molar-refractivity contribution in [3.63, 3.8) is 0 Å². The van der Waals surface area contributed by atoms with Gasteiger partial charge in [0.05, 0.1) is 13.2 Å². The molecule has 0 fully saturated rings. The van der Waals surface area contributed by atoms with Crippen LogP contribution in [0.3, 0.4) is 0 Å². The molecule has 0 atom stereocenters. The van der Waals surface area contributed by atoms with Gasteiger partial charge in [-0.3, -0.25) is 9.12 Å². The quantitative estimate of drug-likeness (QED) is 0.596. The number of benzene rings is 1. The second-order valence-electron chi connectivity index (χ2n) is 4.61. The normalized spacial score (nSPS) is 13.0. The van der Waals surface area contributed by atoms with E-state index in [1.165, 1.54) is 11.9 Å². The Morgan fingerprint density at radius 2 is 1.64 bits per heavy atom. The predicted molar refractivity (Wildman–Crippen MR) is 85.6 cm³/mol. The van der Waals surface area contributed by atoms with Crippen LogP contribution >= 0.6 is 7.60 Å². The molecule has 0 heterocycles. The molecule has 6 nitrogen and oxygen atoms in total. The highest BCUT2D eigenvalue weighted by atomic mass is 32.2. The maximum atomic E-state index is 12.4. The molecule has 0 saturated carbocycles. The monoisotopic (exact) mass is 348 g/mol. The SMILES string of the molecule is CCOP(=O)(/C=C/c1c(C)ccc(C)c1S(=O)(=O)O)OCC. The number of rotatable bonds is 7. The predicted octanol–water partition coefficient (Wildman–Crippen LogP) is 3.79. The molecule has 0 radical (unpaired) electrons. The van der Waals surface area contributed by atoms with Gasteiger partial charge in [-0.1, -0.05) is 12.1 Å². The van der Waals surface area contributed by atoms with E-state index in [0.717, 1.165) is 0 Å². The molecule has 0 bridgehead atoms. The molecule has 124 valence electrons. The van der Waals surface area contributed by atoms with Crippen LogP contribution in [0.25, 0.3) is 6.08 Å². The molecule has 0 spiro atoms. The minimum Gasteiger partial charge on any atom is -0.306 e. The van der Waals surface area contributed by atoms with Gasteiger partial charge in [0.2, 0.25) is 0 Å². The molecule has 0 amide bonds. The number of aryl methyl sites for hydroxylation is 2. The average molecular weight is 348 g/mol. The Morgan fingerprint density at radius 1 is 1.14 bits per heavy atom. The fraction of sp³-hybridized carbons (Fsp3) is 0.429. The molecule has 0 aromatic heterocycles. The van der Waals surface area contributed by atoms with Crippen molar-refractivity contribution in [3.8, 4) is 0 Å². The van der Waals surface area contributed by atoms with Gasteiger partial charge in [-0.25, -0.2) is 0 Å². The summed E-state index contributed by atoms with van der Waals surface area (Å²) in [5.41, 5.74) is 1.28. The molecule has 22 heavy (non-hydrogen) atoms. The second kappa shape index (κ2) is 7.53. The third kappa shape index (κ3) is 4.76. The summed E-state index contributed by atoms with van der Waals surface area (Å²) in [5, 5.41) is 0. The molecule has 1 rings (SSSR count). The lowest BCUT2D eigenvalue weighted by molar-refractivity contribution is 0.229. The van der Waals surface area contributed by atoms with Gasteiger partial charge < -0.3 is 9.05 Å². The minimum atomic E-state index is -4.40. The van der Waals surface area contributed by atoms with E-state index in [1.54, 1.807) is 39.8 Å². The maximum Gasteiger partial charge on any atom is 0.354 e. The van der Waals surface area contributed by atoms with Gasteiger partial charge in [0.25, 0.3) is 10.1 Å². The molecular formula is C14H21O6PS. The first-order valence-corrected chi connectivity index (χ1v) is 9.85. The van der Waals surface area contributed by atoms with Crippen molar-refractivity contribution in [2.75, 3.05) is 13.2 Å². The molecule has 0 aliphatic heterocycles. The van der Waals surface area contributed by atoms with Gasteiger partial charge in [0, 0.05) is 5.82 Å². The lowest BCUT2D eigenvalue weighted by atomic mass is 10.1. The Balaban J connectivity index is 3.42. The van der Waals surface area contributed by atoms with Crippen LogP contribution in [0.15, 0.2) is 22.8 Å². The summed E-state index contributed by atoms with van der Waals surface area (Å²) < 4.78 is 55.2. The zero-order valence-corrected chi connectivity index (χ0v) is 14.8. The number of hydrogen-bond acceptors (Lipinski definition) is 5. The first-order valence-electron chi connectivity index (χ1n) is 6.80. The van der Waals surface area contributed by atoms with E-state index >= 15 is 0 Å². The van der Waals surface area contributed by atoms with Gasteiger partial charge in [-0.2, -0.15) is 8.42 Å². The molecule has 1 aromatic rings. The van der Waals surface area contributed by atoms with Crippen LogP contribution in [-0.4, -0.2) is 26.2 Å². The highest BCUT2D eigenvalue weighted by Crippen LogP contribution is 2.50. The van der Waals surface area contributed by atoms with E-state index < -0.39 is 17.7 Å². The fourth-order valence-corrected chi connectivity index (χ4v) is 4.29. The lowest BCUT2D eigenvalue weighted by Crippen LogP contribution is -2.05. The highest BCUT2D eigenvalue weighted by Gasteiger charge is 2.22. The van der Waals surface area contributed by atoms with E-state index in [-0.39, 0.29) is 23.7 Å². The Bertz CT molecular complexity index is 698. The Hall–Kier alpha value is -0.980. The largest absolute Gasteiger partial charge is 0.354 e. The molecule has 1 aromatic carbocycles. The summed E-state index contributed by atoms with van der Waals surface area (Å²) in [5.74, 6) is 1.22. The molecular weight excluding hydrogens is 327 g/mol. The van der Waals surface area contributed by atoms with E-state index in [4.69, 9.17) is 9.05 Å². The van der Waals surface area contributed by atoms with Crippen molar-refractivity contribution in [3.05, 3.63) is 34.6 Å².